The van der Waals surface area contributed by atoms with Crippen LogP contribution >= 0.6 is 0 Å². The van der Waals surface area contributed by atoms with Crippen LogP contribution in [0.4, 0.5) is 0 Å². The van der Waals surface area contributed by atoms with Crippen molar-refractivity contribution < 1.29 is 14.1 Å². The van der Waals surface area contributed by atoms with Crippen molar-refractivity contribution in [2.75, 3.05) is 13.1 Å². The van der Waals surface area contributed by atoms with Gasteiger partial charge in [0.2, 0.25) is 11.8 Å². The molecule has 2 aromatic rings. The van der Waals surface area contributed by atoms with Crippen molar-refractivity contribution in [2.24, 2.45) is 0 Å². The van der Waals surface area contributed by atoms with E-state index >= 15 is 0 Å². The van der Waals surface area contributed by atoms with E-state index in [-0.39, 0.29) is 30.8 Å². The first-order valence-electron chi connectivity index (χ1n) is 7.41. The molecule has 0 spiro atoms. The summed E-state index contributed by atoms with van der Waals surface area (Å²) >= 11 is 0. The summed E-state index contributed by atoms with van der Waals surface area (Å²) in [5, 5.41) is 7.57. The summed E-state index contributed by atoms with van der Waals surface area (Å²) in [7, 11) is 0. The monoisotopic (exact) mass is 303 g/mol. The highest BCUT2D eigenvalue weighted by molar-refractivity contribution is 5.89. The van der Waals surface area contributed by atoms with E-state index < -0.39 is 0 Å². The second-order valence-corrected chi connectivity index (χ2v) is 5.43. The van der Waals surface area contributed by atoms with Crippen molar-refractivity contribution in [2.45, 2.75) is 33.2 Å². The fraction of sp³-hybridized carbons (Fsp3) is 0.438. The Morgan fingerprint density at radius 1 is 1.32 bits per heavy atom. The number of amides is 2. The van der Waals surface area contributed by atoms with Crippen molar-refractivity contribution in [3.05, 3.63) is 30.0 Å². The summed E-state index contributed by atoms with van der Waals surface area (Å²) in [6.07, 6.45) is 0.125. The minimum Gasteiger partial charge on any atom is -0.356 e. The van der Waals surface area contributed by atoms with Crippen LogP contribution in [0.3, 0.4) is 0 Å². The average Bonchev–Trinajstić information content (AvgIpc) is 2.87. The average molecular weight is 303 g/mol. The summed E-state index contributed by atoms with van der Waals surface area (Å²) in [5.41, 5.74) is 1.26. The number of nitrogens with zero attached hydrogens (tertiary/aromatic N) is 2. The number of para-hydroxylation sites is 1. The highest BCUT2D eigenvalue weighted by Crippen LogP contribution is 2.18. The lowest BCUT2D eigenvalue weighted by molar-refractivity contribution is -0.135. The summed E-state index contributed by atoms with van der Waals surface area (Å²) in [5.74, 6) is -0.296. The van der Waals surface area contributed by atoms with Gasteiger partial charge in [0.15, 0.2) is 5.58 Å². The number of carbonyl (C=O) groups is 2. The minimum atomic E-state index is -0.157. The number of rotatable bonds is 6. The van der Waals surface area contributed by atoms with Crippen LogP contribution in [-0.4, -0.2) is 41.0 Å². The Morgan fingerprint density at radius 3 is 2.73 bits per heavy atom. The Bertz CT molecular complexity index is 663. The predicted molar refractivity (Wildman–Crippen MR) is 83.2 cm³/mol. The molecule has 118 valence electrons. The molecule has 0 radical (unpaired) electrons. The van der Waals surface area contributed by atoms with Gasteiger partial charge in [-0.3, -0.25) is 9.59 Å². The molecule has 1 heterocycles. The van der Waals surface area contributed by atoms with Crippen molar-refractivity contribution in [3.63, 3.8) is 0 Å². The molecule has 0 unspecified atom stereocenters. The number of fused-ring (bicyclic) bond motifs is 1. The van der Waals surface area contributed by atoms with Gasteiger partial charge in [-0.1, -0.05) is 17.3 Å². The van der Waals surface area contributed by atoms with E-state index in [4.69, 9.17) is 4.52 Å². The Morgan fingerprint density at radius 2 is 2.05 bits per heavy atom. The molecule has 1 aromatic carbocycles. The van der Waals surface area contributed by atoms with Gasteiger partial charge in [-0.2, -0.15) is 0 Å². The molecule has 0 aliphatic rings. The first-order valence-corrected chi connectivity index (χ1v) is 7.41. The second kappa shape index (κ2) is 7.06. The van der Waals surface area contributed by atoms with E-state index in [1.807, 2.05) is 45.0 Å². The molecule has 2 rings (SSSR count). The Kier molecular flexibility index (Phi) is 5.14. The number of aromatic nitrogens is 1. The topological polar surface area (TPSA) is 75.4 Å². The van der Waals surface area contributed by atoms with Crippen LogP contribution < -0.4 is 5.32 Å². The summed E-state index contributed by atoms with van der Waals surface area (Å²) < 4.78 is 5.20. The van der Waals surface area contributed by atoms with E-state index in [2.05, 4.69) is 10.5 Å². The molecule has 1 aromatic heterocycles. The highest BCUT2D eigenvalue weighted by Gasteiger charge is 2.19. The van der Waals surface area contributed by atoms with Crippen LogP contribution in [0.15, 0.2) is 28.8 Å². The van der Waals surface area contributed by atoms with Gasteiger partial charge in [0.25, 0.3) is 0 Å². The third-order valence-corrected chi connectivity index (χ3v) is 3.29. The van der Waals surface area contributed by atoms with Crippen molar-refractivity contribution >= 4 is 22.8 Å². The molecule has 2 amide bonds. The van der Waals surface area contributed by atoms with Gasteiger partial charge in [0.1, 0.15) is 5.69 Å². The molecule has 0 aliphatic heterocycles. The molecule has 0 aliphatic carbocycles. The van der Waals surface area contributed by atoms with Crippen LogP contribution in [0.1, 0.15) is 26.5 Å². The summed E-state index contributed by atoms with van der Waals surface area (Å²) in [6.45, 7) is 6.15. The van der Waals surface area contributed by atoms with E-state index in [1.165, 1.54) is 4.90 Å². The lowest BCUT2D eigenvalue weighted by atomic mass is 10.1. The van der Waals surface area contributed by atoms with E-state index in [0.717, 1.165) is 5.39 Å². The number of likely N-dealkylation sites (N-methyl/N-ethyl adjacent to an activating group) is 1. The second-order valence-electron chi connectivity index (χ2n) is 5.43. The first-order chi connectivity index (χ1) is 10.5. The zero-order chi connectivity index (χ0) is 16.1. The van der Waals surface area contributed by atoms with Crippen LogP contribution in [0.25, 0.3) is 11.0 Å². The first kappa shape index (κ1) is 16.0. The fourth-order valence-electron chi connectivity index (χ4n) is 2.24. The molecular formula is C16H21N3O3. The van der Waals surface area contributed by atoms with Crippen LogP contribution in [0.5, 0.6) is 0 Å². The number of hydrogen-bond donors (Lipinski definition) is 1. The Labute approximate surface area is 129 Å². The number of hydrogen-bond acceptors (Lipinski definition) is 4. The van der Waals surface area contributed by atoms with E-state index in [1.54, 1.807) is 0 Å². The molecular weight excluding hydrogens is 282 g/mol. The molecule has 6 heteroatoms. The molecule has 0 bridgehead atoms. The van der Waals surface area contributed by atoms with Crippen LogP contribution in [-0.2, 0) is 16.0 Å². The summed E-state index contributed by atoms with van der Waals surface area (Å²) in [4.78, 5) is 25.7. The minimum absolute atomic E-state index is 0.0563. The van der Waals surface area contributed by atoms with E-state index in [9.17, 15) is 9.59 Å². The van der Waals surface area contributed by atoms with Crippen molar-refractivity contribution in [1.82, 2.24) is 15.4 Å². The molecule has 0 fully saturated rings. The third-order valence-electron chi connectivity index (χ3n) is 3.29. The van der Waals surface area contributed by atoms with Crippen molar-refractivity contribution in [1.29, 1.82) is 0 Å². The Balaban J connectivity index is 2.04. The van der Waals surface area contributed by atoms with Gasteiger partial charge in [0, 0.05) is 18.0 Å². The summed E-state index contributed by atoms with van der Waals surface area (Å²) in [6, 6.07) is 7.47. The molecule has 22 heavy (non-hydrogen) atoms. The molecule has 0 saturated heterocycles. The van der Waals surface area contributed by atoms with Gasteiger partial charge >= 0.3 is 0 Å². The van der Waals surface area contributed by atoms with Gasteiger partial charge in [-0.15, -0.1) is 0 Å². The van der Waals surface area contributed by atoms with Crippen LogP contribution in [0, 0.1) is 0 Å². The maximum Gasteiger partial charge on any atom is 0.239 e. The predicted octanol–water partition coefficient (Wildman–Crippen LogP) is 1.74. The van der Waals surface area contributed by atoms with Crippen LogP contribution in [0.2, 0.25) is 0 Å². The molecule has 6 nitrogen and oxygen atoms in total. The quantitative estimate of drug-likeness (QED) is 0.882. The highest BCUT2D eigenvalue weighted by atomic mass is 16.5. The lowest BCUT2D eigenvalue weighted by Gasteiger charge is -2.20. The molecule has 0 saturated carbocycles. The zero-order valence-electron chi connectivity index (χ0n) is 13.1. The molecule has 1 N–H and O–H groups in total. The van der Waals surface area contributed by atoms with Gasteiger partial charge < -0.3 is 14.7 Å². The maximum absolute atomic E-state index is 12.4. The SMILES string of the molecule is CCN(CC(=O)NC(C)C)C(=O)Cc1noc2ccccc12. The van der Waals surface area contributed by atoms with E-state index in [0.29, 0.717) is 17.8 Å². The number of nitrogens with one attached hydrogen (secondary N) is 1. The van der Waals surface area contributed by atoms with Gasteiger partial charge in [-0.25, -0.2) is 0 Å². The standard InChI is InChI=1S/C16H21N3O3/c1-4-19(10-15(20)17-11(2)3)16(21)9-13-12-7-5-6-8-14(12)22-18-13/h5-8,11H,4,9-10H2,1-3H3,(H,17,20). The largest absolute Gasteiger partial charge is 0.356 e. The van der Waals surface area contributed by atoms with Gasteiger partial charge in [0.05, 0.1) is 13.0 Å². The smallest absolute Gasteiger partial charge is 0.239 e. The zero-order valence-corrected chi connectivity index (χ0v) is 13.1. The lowest BCUT2D eigenvalue weighted by Crippen LogP contribution is -2.43. The number of carbonyl (C=O) groups excluding carboxylic acids is 2. The van der Waals surface area contributed by atoms with Gasteiger partial charge in [-0.05, 0) is 32.9 Å². The maximum atomic E-state index is 12.4. The van der Waals surface area contributed by atoms with Crippen molar-refractivity contribution in [3.8, 4) is 0 Å². The fourth-order valence-corrected chi connectivity index (χ4v) is 2.24. The Hall–Kier alpha value is -2.37. The molecule has 0 atom stereocenters. The third kappa shape index (κ3) is 3.84. The number of benzene rings is 1. The normalized spacial score (nSPS) is 10.9.